The zero-order chi connectivity index (χ0) is 28.3. The van der Waals surface area contributed by atoms with Gasteiger partial charge in [0.2, 0.25) is 0 Å². The van der Waals surface area contributed by atoms with Crippen molar-refractivity contribution in [3.63, 3.8) is 0 Å². The number of aryl methyl sites for hydroxylation is 1. The average Bonchev–Trinajstić information content (AvgIpc) is 3.68. The first-order chi connectivity index (χ1) is 19.1. The van der Waals surface area contributed by atoms with Crippen LogP contribution >= 0.6 is 0 Å². The number of nitrogens with one attached hydrogen (secondary N) is 1. The summed E-state index contributed by atoms with van der Waals surface area (Å²) in [6, 6.07) is 23.2. The number of nitrogens with zero attached hydrogens (tertiary/aromatic N) is 1. The van der Waals surface area contributed by atoms with E-state index in [9.17, 15) is 4.79 Å². The molecule has 6 nitrogen and oxygen atoms in total. The molecule has 212 valence electrons. The van der Waals surface area contributed by atoms with Crippen molar-refractivity contribution in [2.75, 3.05) is 24.6 Å². The second-order valence-electron chi connectivity index (χ2n) is 12.1. The Morgan fingerprint density at radius 1 is 1.05 bits per heavy atom. The Hall–Kier alpha value is -3.51. The molecule has 0 bridgehead atoms. The molecule has 0 radical (unpaired) electrons. The molecule has 40 heavy (non-hydrogen) atoms. The minimum Gasteiger partial charge on any atom is -0.489 e. The minimum absolute atomic E-state index is 0.0354. The minimum atomic E-state index is -0.541. The first kappa shape index (κ1) is 28.0. The van der Waals surface area contributed by atoms with E-state index < -0.39 is 11.7 Å². The summed E-state index contributed by atoms with van der Waals surface area (Å²) in [7, 11) is 0. The van der Waals surface area contributed by atoms with Crippen molar-refractivity contribution in [2.24, 2.45) is 0 Å². The summed E-state index contributed by atoms with van der Waals surface area (Å²) < 4.78 is 17.9. The van der Waals surface area contributed by atoms with Gasteiger partial charge in [0, 0.05) is 18.8 Å². The topological polar surface area (TPSA) is 60.0 Å². The summed E-state index contributed by atoms with van der Waals surface area (Å²) in [5, 5.41) is 2.97. The lowest BCUT2D eigenvalue weighted by atomic mass is 9.97. The molecule has 1 heterocycles. The van der Waals surface area contributed by atoms with Gasteiger partial charge in [-0.15, -0.1) is 0 Å². The number of alkyl carbamates (subject to hydrolysis) is 1. The molecule has 2 fully saturated rings. The van der Waals surface area contributed by atoms with Crippen LogP contribution in [0.5, 0.6) is 5.75 Å². The lowest BCUT2D eigenvalue weighted by Crippen LogP contribution is -2.44. The number of hydrogen-bond acceptors (Lipinski definition) is 5. The first-order valence-electron chi connectivity index (χ1n) is 14.5. The number of rotatable bonds is 8. The molecular weight excluding hydrogens is 500 g/mol. The maximum Gasteiger partial charge on any atom is 0.408 e. The number of carbonyl (C=O) groups is 1. The number of carbonyl (C=O) groups excluding carboxylic acids is 1. The van der Waals surface area contributed by atoms with Crippen LogP contribution in [-0.2, 0) is 22.5 Å². The van der Waals surface area contributed by atoms with Gasteiger partial charge >= 0.3 is 6.09 Å². The van der Waals surface area contributed by atoms with E-state index in [0.717, 1.165) is 67.0 Å². The predicted octanol–water partition coefficient (Wildman–Crippen LogP) is 7.45. The third-order valence-corrected chi connectivity index (χ3v) is 7.60. The van der Waals surface area contributed by atoms with Gasteiger partial charge in [0.1, 0.15) is 18.0 Å². The van der Waals surface area contributed by atoms with Crippen molar-refractivity contribution in [1.82, 2.24) is 5.32 Å². The number of benzene rings is 3. The Bertz CT molecular complexity index is 1340. The average molecular weight is 543 g/mol. The van der Waals surface area contributed by atoms with Gasteiger partial charge in [-0.05, 0) is 105 Å². The zero-order valence-corrected chi connectivity index (χ0v) is 24.5. The second kappa shape index (κ2) is 11.5. The molecule has 1 aliphatic carbocycles. The number of morpholine rings is 1. The molecule has 3 aromatic rings. The summed E-state index contributed by atoms with van der Waals surface area (Å²) >= 11 is 0. The molecule has 2 aliphatic rings. The van der Waals surface area contributed by atoms with Crippen LogP contribution in [0.15, 0.2) is 66.7 Å². The van der Waals surface area contributed by atoms with Crippen molar-refractivity contribution >= 4 is 11.8 Å². The maximum atomic E-state index is 12.4. The maximum absolute atomic E-state index is 12.4. The second-order valence-corrected chi connectivity index (χ2v) is 12.1. The normalized spacial score (nSPS) is 16.9. The molecule has 3 aromatic carbocycles. The lowest BCUT2D eigenvalue weighted by Gasteiger charge is -2.35. The fourth-order valence-electron chi connectivity index (χ4n) is 5.27. The number of para-hydroxylation sites is 1. The van der Waals surface area contributed by atoms with Gasteiger partial charge in [-0.25, -0.2) is 4.79 Å². The van der Waals surface area contributed by atoms with E-state index in [1.165, 1.54) is 11.3 Å². The molecule has 6 heteroatoms. The monoisotopic (exact) mass is 542 g/mol. The summed E-state index contributed by atoms with van der Waals surface area (Å²) in [5.74, 6) is 0.935. The van der Waals surface area contributed by atoms with Crippen LogP contribution in [0.3, 0.4) is 0 Å². The van der Waals surface area contributed by atoms with Crippen molar-refractivity contribution in [2.45, 2.75) is 77.7 Å². The summed E-state index contributed by atoms with van der Waals surface area (Å²) in [6.07, 6.45) is 2.79. The molecule has 5 rings (SSSR count). The van der Waals surface area contributed by atoms with Gasteiger partial charge in [0.15, 0.2) is 0 Å². The molecule has 1 aliphatic heterocycles. The fraction of sp³-hybridized carbons (Fsp3) is 0.441. The van der Waals surface area contributed by atoms with E-state index in [1.807, 2.05) is 52.0 Å². The number of ether oxygens (including phenoxy) is 3. The Balaban J connectivity index is 1.42. The quantitative estimate of drug-likeness (QED) is 0.320. The van der Waals surface area contributed by atoms with Crippen LogP contribution < -0.4 is 15.0 Å². The Labute approximate surface area is 238 Å². The molecule has 1 N–H and O–H groups in total. The van der Waals surface area contributed by atoms with E-state index in [-0.39, 0.29) is 11.6 Å². The molecule has 0 aromatic heterocycles. The summed E-state index contributed by atoms with van der Waals surface area (Å²) in [5.41, 5.74) is 6.27. The van der Waals surface area contributed by atoms with Crippen LogP contribution in [0.4, 0.5) is 10.5 Å². The van der Waals surface area contributed by atoms with Crippen molar-refractivity contribution in [3.05, 3.63) is 83.4 Å². The van der Waals surface area contributed by atoms with Crippen LogP contribution in [0.2, 0.25) is 0 Å². The van der Waals surface area contributed by atoms with Gasteiger partial charge in [0.05, 0.1) is 18.2 Å². The molecule has 1 unspecified atom stereocenters. The van der Waals surface area contributed by atoms with Crippen molar-refractivity contribution in [1.29, 1.82) is 0 Å². The van der Waals surface area contributed by atoms with E-state index in [2.05, 4.69) is 59.6 Å². The first-order valence-corrected chi connectivity index (χ1v) is 14.5. The SMILES string of the molecule is CCc1ccccc1OCc1cc(-c2cccc(C(C)NC(=O)OC(C)(C)C)c2)cc(N2CCOC3(CC3)C2)c1. The van der Waals surface area contributed by atoms with Gasteiger partial charge < -0.3 is 24.4 Å². The van der Waals surface area contributed by atoms with Crippen molar-refractivity contribution in [3.8, 4) is 16.9 Å². The standard InChI is InChI=1S/C34H42N2O4/c1-6-26-10-7-8-13-31(26)38-22-25-18-29(21-30(19-25)36-16-17-39-34(23-36)14-15-34)28-12-9-11-27(20-28)24(2)35-32(37)40-33(3,4)5/h7-13,18-21,24H,6,14-17,22-23H2,1-5H3,(H,35,37). The highest BCUT2D eigenvalue weighted by molar-refractivity contribution is 5.72. The van der Waals surface area contributed by atoms with Gasteiger partial charge in [-0.3, -0.25) is 0 Å². The van der Waals surface area contributed by atoms with Crippen LogP contribution in [0.25, 0.3) is 11.1 Å². The van der Waals surface area contributed by atoms with Crippen LogP contribution in [-0.4, -0.2) is 37.0 Å². The predicted molar refractivity (Wildman–Crippen MR) is 160 cm³/mol. The molecule has 1 amide bonds. The number of anilines is 1. The largest absolute Gasteiger partial charge is 0.489 e. The Morgan fingerprint density at radius 2 is 1.85 bits per heavy atom. The van der Waals surface area contributed by atoms with Gasteiger partial charge in [0.25, 0.3) is 0 Å². The van der Waals surface area contributed by atoms with Gasteiger partial charge in [-0.2, -0.15) is 0 Å². The lowest BCUT2D eigenvalue weighted by molar-refractivity contribution is 0.0206. The zero-order valence-electron chi connectivity index (χ0n) is 24.5. The van der Waals surface area contributed by atoms with Crippen molar-refractivity contribution < 1.29 is 19.0 Å². The Morgan fingerprint density at radius 3 is 2.60 bits per heavy atom. The molecular formula is C34H42N2O4. The van der Waals surface area contributed by atoms with E-state index in [1.54, 1.807) is 0 Å². The van der Waals surface area contributed by atoms with E-state index >= 15 is 0 Å². The van der Waals surface area contributed by atoms with Crippen LogP contribution in [0.1, 0.15) is 70.2 Å². The molecule has 1 spiro atoms. The highest BCUT2D eigenvalue weighted by Crippen LogP contribution is 2.43. The summed E-state index contributed by atoms with van der Waals surface area (Å²) in [6.45, 7) is 12.8. The van der Waals surface area contributed by atoms with E-state index in [4.69, 9.17) is 14.2 Å². The highest BCUT2D eigenvalue weighted by Gasteiger charge is 2.47. The summed E-state index contributed by atoms with van der Waals surface area (Å²) in [4.78, 5) is 14.8. The van der Waals surface area contributed by atoms with E-state index in [0.29, 0.717) is 6.61 Å². The molecule has 1 atom stereocenters. The number of hydrogen-bond donors (Lipinski definition) is 1. The highest BCUT2D eigenvalue weighted by atomic mass is 16.6. The molecule has 1 saturated heterocycles. The third kappa shape index (κ3) is 6.97. The molecule has 1 saturated carbocycles. The van der Waals surface area contributed by atoms with Crippen LogP contribution in [0, 0.1) is 0 Å². The number of amides is 1. The third-order valence-electron chi connectivity index (χ3n) is 7.60. The smallest absolute Gasteiger partial charge is 0.408 e. The fourth-order valence-corrected chi connectivity index (χ4v) is 5.27. The Kier molecular flexibility index (Phi) is 8.09. The van der Waals surface area contributed by atoms with Gasteiger partial charge in [-0.1, -0.05) is 43.3 Å².